The number of benzene rings is 2. The highest BCUT2D eigenvalue weighted by Crippen LogP contribution is 2.25. The fourth-order valence-electron chi connectivity index (χ4n) is 1.59. The van der Waals surface area contributed by atoms with Gasteiger partial charge in [-0.3, -0.25) is 0 Å². The first-order valence-electron chi connectivity index (χ1n) is 5.56. The van der Waals surface area contributed by atoms with Crippen molar-refractivity contribution >= 4 is 28.9 Å². The second kappa shape index (κ2) is 6.10. The zero-order chi connectivity index (χ0) is 13.0. The summed E-state index contributed by atoms with van der Waals surface area (Å²) in [5.74, 6) is 0. The summed E-state index contributed by atoms with van der Waals surface area (Å²) in [6.45, 7) is 0.722. The molecule has 18 heavy (non-hydrogen) atoms. The van der Waals surface area contributed by atoms with E-state index in [4.69, 9.17) is 28.3 Å². The lowest BCUT2D eigenvalue weighted by Gasteiger charge is -2.09. The van der Waals surface area contributed by atoms with Gasteiger partial charge in [-0.1, -0.05) is 47.5 Å². The molecule has 2 aromatic carbocycles. The second-order valence-corrected chi connectivity index (χ2v) is 4.80. The van der Waals surface area contributed by atoms with Gasteiger partial charge < -0.3 is 10.4 Å². The summed E-state index contributed by atoms with van der Waals surface area (Å²) >= 11 is 12.0. The van der Waals surface area contributed by atoms with Crippen LogP contribution in [0, 0.1) is 0 Å². The van der Waals surface area contributed by atoms with Gasteiger partial charge >= 0.3 is 0 Å². The van der Waals surface area contributed by atoms with Gasteiger partial charge in [0.1, 0.15) is 0 Å². The molecular weight excluding hydrogens is 269 g/mol. The first-order valence-corrected chi connectivity index (χ1v) is 6.32. The van der Waals surface area contributed by atoms with Gasteiger partial charge in [-0.25, -0.2) is 0 Å². The lowest BCUT2D eigenvalue weighted by atomic mass is 10.1. The van der Waals surface area contributed by atoms with Crippen molar-refractivity contribution in [2.45, 2.75) is 13.2 Å². The SMILES string of the molecule is OCc1ccc(CNc2cc(Cl)ccc2Cl)cc1. The monoisotopic (exact) mass is 281 g/mol. The van der Waals surface area contributed by atoms with Crippen LogP contribution in [-0.4, -0.2) is 5.11 Å². The summed E-state index contributed by atoms with van der Waals surface area (Å²) in [5, 5.41) is 13.5. The Morgan fingerprint density at radius 1 is 0.944 bits per heavy atom. The number of anilines is 1. The van der Waals surface area contributed by atoms with Crippen LogP contribution in [0.3, 0.4) is 0 Å². The van der Waals surface area contributed by atoms with E-state index in [0.717, 1.165) is 16.8 Å². The largest absolute Gasteiger partial charge is 0.392 e. The Balaban J connectivity index is 2.04. The molecule has 2 rings (SSSR count). The predicted molar refractivity (Wildman–Crippen MR) is 76.2 cm³/mol. The van der Waals surface area contributed by atoms with Crippen molar-refractivity contribution in [3.05, 3.63) is 63.6 Å². The Morgan fingerprint density at radius 3 is 2.28 bits per heavy atom. The number of hydrogen-bond donors (Lipinski definition) is 2. The molecule has 0 fully saturated rings. The molecule has 2 aromatic rings. The quantitative estimate of drug-likeness (QED) is 0.885. The molecule has 0 aliphatic heterocycles. The van der Waals surface area contributed by atoms with Gasteiger partial charge in [0, 0.05) is 11.6 Å². The molecule has 94 valence electrons. The van der Waals surface area contributed by atoms with Gasteiger partial charge in [-0.15, -0.1) is 0 Å². The molecule has 0 atom stereocenters. The van der Waals surface area contributed by atoms with Crippen LogP contribution in [0.4, 0.5) is 5.69 Å². The second-order valence-electron chi connectivity index (χ2n) is 3.95. The molecule has 2 nitrogen and oxygen atoms in total. The lowest BCUT2D eigenvalue weighted by Crippen LogP contribution is -2.00. The van der Waals surface area contributed by atoms with Crippen LogP contribution in [-0.2, 0) is 13.2 Å². The zero-order valence-corrected chi connectivity index (χ0v) is 11.2. The highest BCUT2D eigenvalue weighted by atomic mass is 35.5. The molecular formula is C14H13Cl2NO. The number of aliphatic hydroxyl groups excluding tert-OH is 1. The average molecular weight is 282 g/mol. The highest BCUT2D eigenvalue weighted by Gasteiger charge is 2.01. The third-order valence-electron chi connectivity index (χ3n) is 2.62. The molecule has 0 bridgehead atoms. The fraction of sp³-hybridized carbons (Fsp3) is 0.143. The fourth-order valence-corrected chi connectivity index (χ4v) is 1.95. The van der Waals surface area contributed by atoms with E-state index in [2.05, 4.69) is 5.32 Å². The summed E-state index contributed by atoms with van der Waals surface area (Å²) in [4.78, 5) is 0. The van der Waals surface area contributed by atoms with Gasteiger partial charge in [0.2, 0.25) is 0 Å². The maximum absolute atomic E-state index is 8.96. The van der Waals surface area contributed by atoms with Gasteiger partial charge in [-0.2, -0.15) is 0 Å². The first kappa shape index (κ1) is 13.2. The number of nitrogens with one attached hydrogen (secondary N) is 1. The predicted octanol–water partition coefficient (Wildman–Crippen LogP) is 4.10. The molecule has 2 N–H and O–H groups in total. The smallest absolute Gasteiger partial charge is 0.0681 e. The minimum absolute atomic E-state index is 0.0633. The van der Waals surface area contributed by atoms with E-state index in [1.807, 2.05) is 24.3 Å². The minimum atomic E-state index is 0.0633. The number of aliphatic hydroxyl groups is 1. The lowest BCUT2D eigenvalue weighted by molar-refractivity contribution is 0.282. The summed E-state index contributed by atoms with van der Waals surface area (Å²) in [5.41, 5.74) is 2.83. The summed E-state index contributed by atoms with van der Waals surface area (Å²) in [6.07, 6.45) is 0. The van der Waals surface area contributed by atoms with E-state index in [1.165, 1.54) is 0 Å². The molecule has 4 heteroatoms. The van der Waals surface area contributed by atoms with Crippen molar-refractivity contribution in [2.24, 2.45) is 0 Å². The molecule has 0 amide bonds. The molecule has 0 heterocycles. The third-order valence-corrected chi connectivity index (χ3v) is 3.18. The molecule has 0 unspecified atom stereocenters. The van der Waals surface area contributed by atoms with Crippen LogP contribution >= 0.6 is 23.2 Å². The van der Waals surface area contributed by atoms with Crippen molar-refractivity contribution in [3.8, 4) is 0 Å². The normalized spacial score (nSPS) is 10.4. The molecule has 0 aromatic heterocycles. The molecule has 0 aliphatic rings. The van der Waals surface area contributed by atoms with Crippen molar-refractivity contribution in [3.63, 3.8) is 0 Å². The van der Waals surface area contributed by atoms with Crippen molar-refractivity contribution in [1.82, 2.24) is 0 Å². The van der Waals surface area contributed by atoms with Gasteiger partial charge in [-0.05, 0) is 29.3 Å². The highest BCUT2D eigenvalue weighted by molar-refractivity contribution is 6.35. The van der Waals surface area contributed by atoms with Crippen LogP contribution in [0.25, 0.3) is 0 Å². The average Bonchev–Trinajstić information content (AvgIpc) is 2.40. The van der Waals surface area contributed by atoms with Gasteiger partial charge in [0.25, 0.3) is 0 Å². The van der Waals surface area contributed by atoms with E-state index < -0.39 is 0 Å². The van der Waals surface area contributed by atoms with Crippen LogP contribution in [0.5, 0.6) is 0 Å². The molecule has 0 saturated carbocycles. The Kier molecular flexibility index (Phi) is 4.48. The van der Waals surface area contributed by atoms with Crippen LogP contribution in [0.15, 0.2) is 42.5 Å². The Bertz CT molecular complexity index is 526. The van der Waals surface area contributed by atoms with E-state index >= 15 is 0 Å². The summed E-state index contributed by atoms with van der Waals surface area (Å²) in [6, 6.07) is 13.1. The van der Waals surface area contributed by atoms with Crippen LogP contribution in [0.2, 0.25) is 10.0 Å². The van der Waals surface area contributed by atoms with Crippen LogP contribution < -0.4 is 5.32 Å². The maximum atomic E-state index is 8.96. The minimum Gasteiger partial charge on any atom is -0.392 e. The number of halogens is 2. The van der Waals surface area contributed by atoms with E-state index in [0.29, 0.717) is 16.6 Å². The topological polar surface area (TPSA) is 32.3 Å². The Morgan fingerprint density at radius 2 is 1.61 bits per heavy atom. The molecule has 0 spiro atoms. The number of rotatable bonds is 4. The Hall–Kier alpha value is -1.22. The van der Waals surface area contributed by atoms with E-state index in [1.54, 1.807) is 18.2 Å². The van der Waals surface area contributed by atoms with E-state index in [-0.39, 0.29) is 6.61 Å². The Labute approximate surface area is 116 Å². The zero-order valence-electron chi connectivity index (χ0n) is 9.66. The van der Waals surface area contributed by atoms with Crippen molar-refractivity contribution in [2.75, 3.05) is 5.32 Å². The summed E-state index contributed by atoms with van der Waals surface area (Å²) in [7, 11) is 0. The standard InChI is InChI=1S/C14H13Cl2NO/c15-12-5-6-13(16)14(7-12)17-8-10-1-3-11(9-18)4-2-10/h1-7,17-18H,8-9H2. The van der Waals surface area contributed by atoms with Crippen molar-refractivity contribution in [1.29, 1.82) is 0 Å². The summed E-state index contributed by atoms with van der Waals surface area (Å²) < 4.78 is 0. The third kappa shape index (κ3) is 3.39. The van der Waals surface area contributed by atoms with E-state index in [9.17, 15) is 0 Å². The molecule has 0 saturated heterocycles. The molecule has 0 aliphatic carbocycles. The van der Waals surface area contributed by atoms with Gasteiger partial charge in [0.15, 0.2) is 0 Å². The van der Waals surface area contributed by atoms with Crippen LogP contribution in [0.1, 0.15) is 11.1 Å². The van der Waals surface area contributed by atoms with Gasteiger partial charge in [0.05, 0.1) is 17.3 Å². The number of hydrogen-bond acceptors (Lipinski definition) is 2. The maximum Gasteiger partial charge on any atom is 0.0681 e. The first-order chi connectivity index (χ1) is 8.69. The van der Waals surface area contributed by atoms with Crippen molar-refractivity contribution < 1.29 is 5.11 Å². The molecule has 0 radical (unpaired) electrons.